The molecular weight excluding hydrogens is 186 g/mol. The van der Waals surface area contributed by atoms with E-state index >= 15 is 0 Å². The monoisotopic (exact) mass is 199 g/mol. The molecule has 0 amide bonds. The average Bonchev–Trinajstić information content (AvgIpc) is 2.46. The van der Waals surface area contributed by atoms with Gasteiger partial charge in [0.15, 0.2) is 5.50 Å². The van der Waals surface area contributed by atoms with Crippen LogP contribution in [0.25, 0.3) is 0 Å². The van der Waals surface area contributed by atoms with Crippen molar-refractivity contribution in [3.8, 4) is 5.40 Å². The van der Waals surface area contributed by atoms with Gasteiger partial charge in [-0.3, -0.25) is 0 Å². The summed E-state index contributed by atoms with van der Waals surface area (Å²) >= 11 is 1.24. The Balaban J connectivity index is 2.44. The van der Waals surface area contributed by atoms with E-state index in [2.05, 4.69) is 10.3 Å². The van der Waals surface area contributed by atoms with Gasteiger partial charge in [-0.15, -0.1) is 0 Å². The number of nitrogens with zero attached hydrogens (tertiary/aromatic N) is 3. The van der Waals surface area contributed by atoms with Gasteiger partial charge in [-0.05, 0) is 0 Å². The van der Waals surface area contributed by atoms with Gasteiger partial charge in [-0.2, -0.15) is 5.26 Å². The largest absolute Gasteiger partial charge is 0.383 e. The van der Waals surface area contributed by atoms with E-state index < -0.39 is 0 Å². The van der Waals surface area contributed by atoms with Gasteiger partial charge in [0.25, 0.3) is 0 Å². The second-order valence-corrected chi connectivity index (χ2v) is 3.57. The third-order valence-electron chi connectivity index (χ3n) is 1.84. The summed E-state index contributed by atoms with van der Waals surface area (Å²) in [6.07, 6.45) is 3.94. The highest BCUT2D eigenvalue weighted by Gasteiger charge is 2.23. The van der Waals surface area contributed by atoms with Crippen molar-refractivity contribution in [2.24, 2.45) is 0 Å². The molecule has 0 saturated carbocycles. The second-order valence-electron chi connectivity index (χ2n) is 2.73. The van der Waals surface area contributed by atoms with Gasteiger partial charge in [0.1, 0.15) is 5.40 Å². The molecule has 0 spiro atoms. The summed E-state index contributed by atoms with van der Waals surface area (Å²) in [5.74, 6) is 0. The average molecular weight is 199 g/mol. The van der Waals surface area contributed by atoms with E-state index in [0.717, 1.165) is 6.54 Å². The molecule has 1 rings (SSSR count). The van der Waals surface area contributed by atoms with Crippen LogP contribution in [0.2, 0.25) is 0 Å². The van der Waals surface area contributed by atoms with Crippen molar-refractivity contribution in [2.75, 3.05) is 27.3 Å². The molecule has 0 saturated heterocycles. The summed E-state index contributed by atoms with van der Waals surface area (Å²) < 4.78 is 4.98. The number of nitriles is 1. The summed E-state index contributed by atoms with van der Waals surface area (Å²) in [4.78, 5) is 4.08. The smallest absolute Gasteiger partial charge is 0.163 e. The van der Waals surface area contributed by atoms with Crippen LogP contribution in [-0.4, -0.2) is 42.6 Å². The second kappa shape index (κ2) is 5.00. The van der Waals surface area contributed by atoms with E-state index in [1.807, 2.05) is 24.3 Å². The van der Waals surface area contributed by atoms with Crippen LogP contribution in [0.1, 0.15) is 0 Å². The van der Waals surface area contributed by atoms with Gasteiger partial charge < -0.3 is 14.5 Å². The Hall–Kier alpha value is -0.860. The molecule has 1 aliphatic heterocycles. The topological polar surface area (TPSA) is 39.5 Å². The lowest BCUT2D eigenvalue weighted by atomic mass is 10.6. The summed E-state index contributed by atoms with van der Waals surface area (Å²) in [5, 5.41) is 10.7. The molecule has 13 heavy (non-hydrogen) atoms. The van der Waals surface area contributed by atoms with E-state index in [1.165, 1.54) is 11.8 Å². The number of thiocyanates is 1. The maximum atomic E-state index is 8.59. The first kappa shape index (κ1) is 10.2. The number of methoxy groups -OCH3 is 1. The van der Waals surface area contributed by atoms with Gasteiger partial charge in [-0.25, -0.2) is 0 Å². The molecule has 0 fully saturated rings. The van der Waals surface area contributed by atoms with Crippen LogP contribution in [-0.2, 0) is 4.74 Å². The van der Waals surface area contributed by atoms with E-state index in [-0.39, 0.29) is 5.50 Å². The van der Waals surface area contributed by atoms with Crippen LogP contribution < -0.4 is 0 Å². The Morgan fingerprint density at radius 1 is 1.62 bits per heavy atom. The Bertz CT molecular complexity index is 226. The molecule has 4 nitrogen and oxygen atoms in total. The number of thioether (sulfide) groups is 1. The Kier molecular flexibility index (Phi) is 3.93. The third kappa shape index (κ3) is 2.54. The van der Waals surface area contributed by atoms with Crippen molar-refractivity contribution in [1.82, 2.24) is 9.80 Å². The Morgan fingerprint density at radius 3 is 3.00 bits per heavy atom. The normalized spacial score (nSPS) is 20.8. The fourth-order valence-corrected chi connectivity index (χ4v) is 1.79. The molecule has 5 heteroatoms. The molecule has 0 aromatic heterocycles. The van der Waals surface area contributed by atoms with E-state index in [9.17, 15) is 0 Å². The summed E-state index contributed by atoms with van der Waals surface area (Å²) in [5.41, 5.74) is 0.0974. The first-order valence-corrected chi connectivity index (χ1v) is 4.87. The number of rotatable bonds is 4. The quantitative estimate of drug-likeness (QED) is 0.628. The van der Waals surface area contributed by atoms with Crippen molar-refractivity contribution in [2.45, 2.75) is 5.50 Å². The third-order valence-corrected chi connectivity index (χ3v) is 2.76. The Morgan fingerprint density at radius 2 is 2.38 bits per heavy atom. The summed E-state index contributed by atoms with van der Waals surface area (Å²) in [7, 11) is 3.63. The molecule has 0 N–H and O–H groups in total. The van der Waals surface area contributed by atoms with Crippen LogP contribution in [0.5, 0.6) is 0 Å². The minimum absolute atomic E-state index is 0.0974. The molecule has 0 aromatic carbocycles. The van der Waals surface area contributed by atoms with E-state index in [4.69, 9.17) is 10.00 Å². The van der Waals surface area contributed by atoms with Crippen molar-refractivity contribution in [1.29, 1.82) is 5.26 Å². The molecule has 1 heterocycles. The van der Waals surface area contributed by atoms with Crippen LogP contribution in [0, 0.1) is 10.7 Å². The fourth-order valence-electron chi connectivity index (χ4n) is 1.15. The molecule has 1 unspecified atom stereocenters. The molecule has 1 atom stereocenters. The highest BCUT2D eigenvalue weighted by molar-refractivity contribution is 8.04. The highest BCUT2D eigenvalue weighted by atomic mass is 32.2. The first-order valence-electron chi connectivity index (χ1n) is 3.99. The van der Waals surface area contributed by atoms with Crippen LogP contribution >= 0.6 is 11.8 Å². The number of ether oxygens (including phenoxy) is 1. The van der Waals surface area contributed by atoms with Gasteiger partial charge in [-0.1, -0.05) is 0 Å². The van der Waals surface area contributed by atoms with Crippen LogP contribution in [0.3, 0.4) is 0 Å². The Labute approximate surface area is 82.7 Å². The zero-order chi connectivity index (χ0) is 9.68. The molecule has 0 radical (unpaired) electrons. The molecular formula is C8H13N3OS. The van der Waals surface area contributed by atoms with Crippen molar-refractivity contribution >= 4 is 11.8 Å². The maximum absolute atomic E-state index is 8.59. The molecule has 0 bridgehead atoms. The van der Waals surface area contributed by atoms with Crippen molar-refractivity contribution in [3.63, 3.8) is 0 Å². The molecule has 1 aliphatic rings. The standard InChI is InChI=1S/C8H13N3OS/c1-10-3-4-11(5-6-12-2)8(10)13-7-9/h3-4,8H,5-6H2,1-2H3. The number of hydrogen-bond acceptors (Lipinski definition) is 5. The molecule has 0 aliphatic carbocycles. The van der Waals surface area contributed by atoms with E-state index in [0.29, 0.717) is 6.61 Å². The molecule has 0 aromatic rings. The van der Waals surface area contributed by atoms with E-state index in [1.54, 1.807) is 7.11 Å². The minimum Gasteiger partial charge on any atom is -0.383 e. The van der Waals surface area contributed by atoms with Crippen LogP contribution in [0.4, 0.5) is 0 Å². The number of hydrogen-bond donors (Lipinski definition) is 0. The fraction of sp³-hybridized carbons (Fsp3) is 0.625. The first-order chi connectivity index (χ1) is 6.29. The SMILES string of the molecule is COCCN1C=CN(C)C1SC#N. The predicted molar refractivity (Wildman–Crippen MR) is 52.5 cm³/mol. The maximum Gasteiger partial charge on any atom is 0.163 e. The lowest BCUT2D eigenvalue weighted by Gasteiger charge is -2.26. The lowest BCUT2D eigenvalue weighted by molar-refractivity contribution is 0.153. The van der Waals surface area contributed by atoms with Crippen molar-refractivity contribution < 1.29 is 4.74 Å². The lowest BCUT2D eigenvalue weighted by Crippen LogP contribution is -2.35. The highest BCUT2D eigenvalue weighted by Crippen LogP contribution is 2.23. The predicted octanol–water partition coefficient (Wildman–Crippen LogP) is 0.849. The summed E-state index contributed by atoms with van der Waals surface area (Å²) in [6.45, 7) is 1.50. The van der Waals surface area contributed by atoms with Gasteiger partial charge in [0.2, 0.25) is 0 Å². The zero-order valence-corrected chi connectivity index (χ0v) is 8.62. The van der Waals surface area contributed by atoms with Gasteiger partial charge in [0.05, 0.1) is 6.61 Å². The minimum atomic E-state index is 0.0974. The zero-order valence-electron chi connectivity index (χ0n) is 7.80. The van der Waals surface area contributed by atoms with Crippen LogP contribution in [0.15, 0.2) is 12.4 Å². The van der Waals surface area contributed by atoms with Gasteiger partial charge in [0, 0.05) is 44.9 Å². The summed E-state index contributed by atoms with van der Waals surface area (Å²) in [6, 6.07) is 0. The molecule has 72 valence electrons. The van der Waals surface area contributed by atoms with Gasteiger partial charge >= 0.3 is 0 Å². The van der Waals surface area contributed by atoms with Crippen molar-refractivity contribution in [3.05, 3.63) is 12.4 Å².